The highest BCUT2D eigenvalue weighted by Crippen LogP contribution is 2.35. The van der Waals surface area contributed by atoms with Crippen LogP contribution in [-0.2, 0) is 14.8 Å². The molecule has 2 fully saturated rings. The van der Waals surface area contributed by atoms with Crippen LogP contribution in [0.4, 0.5) is 0 Å². The molecule has 1 aliphatic carbocycles. The summed E-state index contributed by atoms with van der Waals surface area (Å²) in [7, 11) is -3.30. The van der Waals surface area contributed by atoms with Gasteiger partial charge in [-0.2, -0.15) is 4.31 Å². The third kappa shape index (κ3) is 4.21. The molecule has 2 aliphatic rings. The first-order valence-electron chi connectivity index (χ1n) is 9.13. The van der Waals surface area contributed by atoms with Crippen molar-refractivity contribution >= 4 is 10.0 Å². The molecule has 1 aromatic rings. The number of furan rings is 1. The fourth-order valence-corrected chi connectivity index (χ4v) is 5.86. The second kappa shape index (κ2) is 7.58. The summed E-state index contributed by atoms with van der Waals surface area (Å²) < 4.78 is 38.9. The van der Waals surface area contributed by atoms with Gasteiger partial charge in [-0.25, -0.2) is 8.42 Å². The minimum absolute atomic E-state index is 0.00943. The molecule has 0 aromatic carbocycles. The molecule has 2 heterocycles. The molecule has 2 unspecified atom stereocenters. The van der Waals surface area contributed by atoms with E-state index in [2.05, 4.69) is 0 Å². The van der Waals surface area contributed by atoms with Gasteiger partial charge in [0.05, 0.1) is 24.5 Å². The molecular weight excluding hydrogens is 326 g/mol. The van der Waals surface area contributed by atoms with Crippen molar-refractivity contribution in [1.29, 1.82) is 0 Å². The highest BCUT2D eigenvalue weighted by Gasteiger charge is 2.37. The van der Waals surface area contributed by atoms with Gasteiger partial charge in [0.1, 0.15) is 11.5 Å². The van der Waals surface area contributed by atoms with E-state index in [1.54, 1.807) is 4.31 Å². The smallest absolute Gasteiger partial charge is 0.215 e. The lowest BCUT2D eigenvalue weighted by molar-refractivity contribution is 0.0410. The van der Waals surface area contributed by atoms with Crippen molar-refractivity contribution in [3.8, 4) is 0 Å². The van der Waals surface area contributed by atoms with E-state index in [9.17, 15) is 8.42 Å². The van der Waals surface area contributed by atoms with Crippen molar-refractivity contribution in [1.82, 2.24) is 4.31 Å². The zero-order valence-electron chi connectivity index (χ0n) is 14.7. The van der Waals surface area contributed by atoms with E-state index in [1.165, 1.54) is 12.8 Å². The fourth-order valence-electron chi connectivity index (χ4n) is 3.85. The molecule has 6 heteroatoms. The number of hydrogen-bond donors (Lipinski definition) is 0. The number of nitrogens with zero attached hydrogens (tertiary/aromatic N) is 1. The molecule has 3 rings (SSSR count). The van der Waals surface area contributed by atoms with Gasteiger partial charge in [-0.3, -0.25) is 0 Å². The molecule has 24 heavy (non-hydrogen) atoms. The Bertz CT molecular complexity index is 633. The van der Waals surface area contributed by atoms with E-state index in [0.29, 0.717) is 19.3 Å². The highest BCUT2D eigenvalue weighted by atomic mass is 32.2. The summed E-state index contributed by atoms with van der Waals surface area (Å²) in [6.45, 7) is 4.97. The normalized spacial score (nSPS) is 24.7. The molecule has 136 valence electrons. The van der Waals surface area contributed by atoms with Gasteiger partial charge in [-0.05, 0) is 50.7 Å². The van der Waals surface area contributed by atoms with E-state index in [0.717, 1.165) is 37.2 Å². The van der Waals surface area contributed by atoms with Crippen molar-refractivity contribution < 1.29 is 17.6 Å². The van der Waals surface area contributed by atoms with Crippen LogP contribution in [0.2, 0.25) is 0 Å². The van der Waals surface area contributed by atoms with Crippen LogP contribution in [-0.4, -0.2) is 37.7 Å². The van der Waals surface area contributed by atoms with Gasteiger partial charge in [0.15, 0.2) is 0 Å². The molecule has 1 saturated heterocycles. The number of hydrogen-bond acceptors (Lipinski definition) is 4. The third-order valence-corrected chi connectivity index (χ3v) is 7.21. The van der Waals surface area contributed by atoms with E-state index in [1.807, 2.05) is 26.0 Å². The Morgan fingerprint density at radius 1 is 1.25 bits per heavy atom. The lowest BCUT2D eigenvalue weighted by Crippen LogP contribution is -2.35. The van der Waals surface area contributed by atoms with Crippen LogP contribution in [0.3, 0.4) is 0 Å². The summed E-state index contributed by atoms with van der Waals surface area (Å²) in [6.07, 6.45) is 6.75. The Kier molecular flexibility index (Phi) is 5.67. The number of aryl methyl sites for hydroxylation is 1. The van der Waals surface area contributed by atoms with Crippen LogP contribution in [0.5, 0.6) is 0 Å². The van der Waals surface area contributed by atoms with Crippen molar-refractivity contribution in [2.75, 3.05) is 18.9 Å². The minimum atomic E-state index is -3.30. The molecule has 1 aliphatic heterocycles. The van der Waals surface area contributed by atoms with Gasteiger partial charge in [0.25, 0.3) is 0 Å². The van der Waals surface area contributed by atoms with Crippen LogP contribution in [0.1, 0.15) is 63.0 Å². The maximum atomic E-state index is 12.9. The van der Waals surface area contributed by atoms with Crippen LogP contribution < -0.4 is 0 Å². The van der Waals surface area contributed by atoms with Gasteiger partial charge in [0.2, 0.25) is 10.0 Å². The first-order valence-corrected chi connectivity index (χ1v) is 10.7. The average molecular weight is 356 g/mol. The summed E-state index contributed by atoms with van der Waals surface area (Å²) in [4.78, 5) is 0. The van der Waals surface area contributed by atoms with E-state index in [-0.39, 0.29) is 17.7 Å². The predicted molar refractivity (Wildman–Crippen MR) is 93.3 cm³/mol. The summed E-state index contributed by atoms with van der Waals surface area (Å²) in [5.41, 5.74) is 0. The Labute approximate surface area is 145 Å². The first kappa shape index (κ1) is 18.0. The topological polar surface area (TPSA) is 59.8 Å². The second-order valence-electron chi connectivity index (χ2n) is 7.34. The Balaban J connectivity index is 1.59. The second-order valence-corrected chi connectivity index (χ2v) is 9.31. The molecule has 1 saturated carbocycles. The molecule has 2 atom stereocenters. The zero-order chi connectivity index (χ0) is 17.2. The molecule has 5 nitrogen and oxygen atoms in total. The summed E-state index contributed by atoms with van der Waals surface area (Å²) in [5.74, 6) is 1.75. The molecular formula is C18H29NO4S. The van der Waals surface area contributed by atoms with Crippen molar-refractivity contribution in [3.05, 3.63) is 23.7 Å². The molecule has 1 aromatic heterocycles. The molecule has 0 amide bonds. The van der Waals surface area contributed by atoms with Gasteiger partial charge in [-0.15, -0.1) is 0 Å². The predicted octanol–water partition coefficient (Wildman–Crippen LogP) is 3.65. The first-order chi connectivity index (χ1) is 11.5. The fraction of sp³-hybridized carbons (Fsp3) is 0.778. The lowest BCUT2D eigenvalue weighted by atomic mass is 10.2. The molecule has 0 spiro atoms. The SMILES string of the molecule is Cc1ccc(C2CCCN2S(=O)(=O)CC(C)COC2CCCC2)o1. The van der Waals surface area contributed by atoms with Crippen molar-refractivity contribution in [3.63, 3.8) is 0 Å². The number of ether oxygens (including phenoxy) is 1. The van der Waals surface area contributed by atoms with Gasteiger partial charge >= 0.3 is 0 Å². The number of rotatable bonds is 7. The van der Waals surface area contributed by atoms with Crippen LogP contribution in [0.15, 0.2) is 16.5 Å². The van der Waals surface area contributed by atoms with E-state index in [4.69, 9.17) is 9.15 Å². The Hall–Kier alpha value is -0.850. The van der Waals surface area contributed by atoms with Crippen LogP contribution in [0, 0.1) is 12.8 Å². The van der Waals surface area contributed by atoms with Gasteiger partial charge in [0, 0.05) is 6.54 Å². The maximum absolute atomic E-state index is 12.9. The van der Waals surface area contributed by atoms with E-state index < -0.39 is 10.0 Å². The quantitative estimate of drug-likeness (QED) is 0.749. The molecule has 0 bridgehead atoms. The van der Waals surface area contributed by atoms with Crippen molar-refractivity contribution in [2.45, 2.75) is 64.5 Å². The highest BCUT2D eigenvalue weighted by molar-refractivity contribution is 7.89. The summed E-state index contributed by atoms with van der Waals surface area (Å²) >= 11 is 0. The maximum Gasteiger partial charge on any atom is 0.215 e. The van der Waals surface area contributed by atoms with Gasteiger partial charge < -0.3 is 9.15 Å². The summed E-state index contributed by atoms with van der Waals surface area (Å²) in [6, 6.07) is 3.66. The lowest BCUT2D eigenvalue weighted by Gasteiger charge is -2.25. The number of sulfonamides is 1. The van der Waals surface area contributed by atoms with Crippen molar-refractivity contribution in [2.24, 2.45) is 5.92 Å². The minimum Gasteiger partial charge on any atom is -0.465 e. The van der Waals surface area contributed by atoms with Crippen LogP contribution >= 0.6 is 0 Å². The van der Waals surface area contributed by atoms with Crippen LogP contribution in [0.25, 0.3) is 0 Å². The molecule has 0 N–H and O–H groups in total. The Morgan fingerprint density at radius 2 is 2.00 bits per heavy atom. The third-order valence-electron chi connectivity index (χ3n) is 5.06. The molecule has 0 radical (unpaired) electrons. The zero-order valence-corrected chi connectivity index (χ0v) is 15.6. The Morgan fingerprint density at radius 3 is 2.67 bits per heavy atom. The largest absolute Gasteiger partial charge is 0.465 e. The average Bonchev–Trinajstić information content (AvgIpc) is 3.25. The van der Waals surface area contributed by atoms with E-state index >= 15 is 0 Å². The monoisotopic (exact) mass is 355 g/mol. The summed E-state index contributed by atoms with van der Waals surface area (Å²) in [5, 5.41) is 0. The standard InChI is InChI=1S/C18H29NO4S/c1-14(12-22-16-6-3-4-7-16)13-24(20,21)19-11-5-8-17(19)18-10-9-15(2)23-18/h9-10,14,16-17H,3-8,11-13H2,1-2H3. The van der Waals surface area contributed by atoms with Gasteiger partial charge in [-0.1, -0.05) is 19.8 Å².